The Morgan fingerprint density at radius 3 is 2.32 bits per heavy atom. The van der Waals surface area contributed by atoms with Crippen LogP contribution in [0.25, 0.3) is 0 Å². The van der Waals surface area contributed by atoms with Gasteiger partial charge < -0.3 is 14.5 Å². The number of likely N-dealkylation sites (N-methyl/N-ethyl adjacent to an activating group) is 1. The molecule has 0 amide bonds. The van der Waals surface area contributed by atoms with E-state index in [4.69, 9.17) is 0 Å². The number of rotatable bonds is 4. The van der Waals surface area contributed by atoms with Crippen LogP contribution in [0.5, 0.6) is 0 Å². The molecule has 0 aliphatic carbocycles. The van der Waals surface area contributed by atoms with Crippen molar-refractivity contribution in [1.29, 1.82) is 0 Å². The number of ether oxygens (including phenoxy) is 1. The predicted octanol–water partition coefficient (Wildman–Crippen LogP) is 0.261. The van der Waals surface area contributed by atoms with E-state index >= 15 is 0 Å². The van der Waals surface area contributed by atoms with Gasteiger partial charge in [-0.3, -0.25) is 9.69 Å². The van der Waals surface area contributed by atoms with Crippen molar-refractivity contribution in [3.05, 3.63) is 0 Å². The Morgan fingerprint density at radius 1 is 1.11 bits per heavy atom. The molecule has 5 heteroatoms. The van der Waals surface area contributed by atoms with E-state index in [0.717, 1.165) is 25.7 Å². The number of esters is 1. The summed E-state index contributed by atoms with van der Waals surface area (Å²) in [5, 5.41) is 0. The van der Waals surface area contributed by atoms with E-state index < -0.39 is 0 Å². The first kappa shape index (κ1) is 14.8. The minimum atomic E-state index is -0.0961. The Kier molecular flexibility index (Phi) is 5.60. The van der Waals surface area contributed by atoms with Gasteiger partial charge in [0.1, 0.15) is 0 Å². The molecule has 0 atom stereocenters. The minimum absolute atomic E-state index is 0.0961. The normalized spacial score (nSPS) is 24.5. The van der Waals surface area contributed by atoms with Crippen LogP contribution in [-0.2, 0) is 9.53 Å². The molecule has 0 spiro atoms. The maximum Gasteiger partial charge on any atom is 0.306 e. The number of piperazine rings is 1. The summed E-state index contributed by atoms with van der Waals surface area (Å²) in [7, 11) is 3.66. The van der Waals surface area contributed by atoms with Crippen molar-refractivity contribution in [2.24, 2.45) is 0 Å². The van der Waals surface area contributed by atoms with Gasteiger partial charge in [0.05, 0.1) is 13.5 Å². The third-order valence-electron chi connectivity index (χ3n) is 4.47. The average Bonchev–Trinajstić information content (AvgIpc) is 2.46. The second-order valence-corrected chi connectivity index (χ2v) is 5.74. The molecule has 5 nitrogen and oxygen atoms in total. The van der Waals surface area contributed by atoms with Crippen LogP contribution in [0, 0.1) is 0 Å². The summed E-state index contributed by atoms with van der Waals surface area (Å²) in [5.41, 5.74) is 0. The number of hydrogen-bond donors (Lipinski definition) is 0. The first-order valence-electron chi connectivity index (χ1n) is 7.41. The van der Waals surface area contributed by atoms with Gasteiger partial charge in [0.25, 0.3) is 0 Å². The Balaban J connectivity index is 1.66. The highest BCUT2D eigenvalue weighted by Gasteiger charge is 2.26. The van der Waals surface area contributed by atoms with Crippen molar-refractivity contribution in [3.63, 3.8) is 0 Å². The first-order chi connectivity index (χ1) is 9.19. The smallest absolute Gasteiger partial charge is 0.306 e. The van der Waals surface area contributed by atoms with E-state index in [1.165, 1.54) is 46.1 Å². The molecule has 0 saturated carbocycles. The summed E-state index contributed by atoms with van der Waals surface area (Å²) < 4.78 is 4.69. The number of carbonyl (C=O) groups excluding carboxylic acids is 1. The average molecular weight is 269 g/mol. The lowest BCUT2D eigenvalue weighted by molar-refractivity contribution is -0.141. The SMILES string of the molecule is COC(=O)CCN1CCC(N2CCN(C)CC2)CC1. The van der Waals surface area contributed by atoms with Crippen molar-refractivity contribution in [1.82, 2.24) is 14.7 Å². The molecule has 2 aliphatic heterocycles. The van der Waals surface area contributed by atoms with Crippen LogP contribution in [-0.4, -0.2) is 86.7 Å². The summed E-state index contributed by atoms with van der Waals surface area (Å²) in [5.74, 6) is -0.0961. The lowest BCUT2D eigenvalue weighted by atomic mass is 10.0. The molecule has 0 aromatic rings. The number of likely N-dealkylation sites (tertiary alicyclic amines) is 1. The summed E-state index contributed by atoms with van der Waals surface area (Å²) >= 11 is 0. The van der Waals surface area contributed by atoms with Gasteiger partial charge in [0.2, 0.25) is 0 Å². The fourth-order valence-corrected chi connectivity index (χ4v) is 3.05. The summed E-state index contributed by atoms with van der Waals surface area (Å²) in [6.45, 7) is 7.90. The molecule has 0 unspecified atom stereocenters. The lowest BCUT2D eigenvalue weighted by Gasteiger charge is -2.42. The molecule has 19 heavy (non-hydrogen) atoms. The quantitative estimate of drug-likeness (QED) is 0.684. The number of hydrogen-bond acceptors (Lipinski definition) is 5. The van der Waals surface area contributed by atoms with Crippen molar-refractivity contribution in [2.75, 3.05) is 60.0 Å². The first-order valence-corrected chi connectivity index (χ1v) is 7.41. The number of nitrogens with zero attached hydrogens (tertiary/aromatic N) is 3. The largest absolute Gasteiger partial charge is 0.469 e. The Morgan fingerprint density at radius 2 is 1.74 bits per heavy atom. The monoisotopic (exact) mass is 269 g/mol. The zero-order valence-electron chi connectivity index (χ0n) is 12.3. The molecule has 2 rings (SSSR count). The third-order valence-corrected chi connectivity index (χ3v) is 4.47. The summed E-state index contributed by atoms with van der Waals surface area (Å²) in [6.07, 6.45) is 3.01. The van der Waals surface area contributed by atoms with Crippen LogP contribution in [0.15, 0.2) is 0 Å². The van der Waals surface area contributed by atoms with Crippen molar-refractivity contribution in [3.8, 4) is 0 Å². The fraction of sp³-hybridized carbons (Fsp3) is 0.929. The molecule has 2 aliphatic rings. The lowest BCUT2D eigenvalue weighted by Crippen LogP contribution is -2.52. The van der Waals surface area contributed by atoms with E-state index in [1.807, 2.05) is 0 Å². The Labute approximate surface area is 116 Å². The van der Waals surface area contributed by atoms with Crippen LogP contribution < -0.4 is 0 Å². The van der Waals surface area contributed by atoms with E-state index in [-0.39, 0.29) is 5.97 Å². The van der Waals surface area contributed by atoms with Crippen LogP contribution in [0.2, 0.25) is 0 Å². The van der Waals surface area contributed by atoms with Crippen molar-refractivity contribution in [2.45, 2.75) is 25.3 Å². The predicted molar refractivity (Wildman–Crippen MR) is 75.2 cm³/mol. The Bertz CT molecular complexity index is 282. The van der Waals surface area contributed by atoms with Gasteiger partial charge in [-0.15, -0.1) is 0 Å². The highest BCUT2D eigenvalue weighted by Crippen LogP contribution is 2.18. The highest BCUT2D eigenvalue weighted by atomic mass is 16.5. The van der Waals surface area contributed by atoms with Crippen LogP contribution in [0.1, 0.15) is 19.3 Å². The molecule has 0 aromatic heterocycles. The fourth-order valence-electron chi connectivity index (χ4n) is 3.05. The van der Waals surface area contributed by atoms with Gasteiger partial charge in [0, 0.05) is 38.8 Å². The zero-order valence-corrected chi connectivity index (χ0v) is 12.3. The maximum absolute atomic E-state index is 11.1. The van der Waals surface area contributed by atoms with Crippen LogP contribution in [0.3, 0.4) is 0 Å². The molecular weight excluding hydrogens is 242 g/mol. The second-order valence-electron chi connectivity index (χ2n) is 5.74. The standard InChI is InChI=1S/C14H27N3O2/c1-15-9-11-17(12-10-15)13-3-6-16(7-4-13)8-5-14(18)19-2/h13H,3-12H2,1-2H3. The highest BCUT2D eigenvalue weighted by molar-refractivity contribution is 5.69. The topological polar surface area (TPSA) is 36.0 Å². The van der Waals surface area contributed by atoms with Gasteiger partial charge in [-0.2, -0.15) is 0 Å². The zero-order chi connectivity index (χ0) is 13.7. The molecule has 0 N–H and O–H groups in total. The molecule has 0 radical (unpaired) electrons. The van der Waals surface area contributed by atoms with E-state index in [0.29, 0.717) is 6.42 Å². The van der Waals surface area contributed by atoms with E-state index in [2.05, 4.69) is 26.5 Å². The van der Waals surface area contributed by atoms with E-state index in [1.54, 1.807) is 0 Å². The number of piperidine rings is 1. The number of methoxy groups -OCH3 is 1. The van der Waals surface area contributed by atoms with Gasteiger partial charge in [-0.05, 0) is 33.0 Å². The molecule has 2 heterocycles. The minimum Gasteiger partial charge on any atom is -0.469 e. The molecular formula is C14H27N3O2. The van der Waals surface area contributed by atoms with Gasteiger partial charge in [0.15, 0.2) is 0 Å². The number of carbonyl (C=O) groups is 1. The second kappa shape index (κ2) is 7.22. The summed E-state index contributed by atoms with van der Waals surface area (Å²) in [4.78, 5) is 18.6. The van der Waals surface area contributed by atoms with Gasteiger partial charge in [-0.1, -0.05) is 0 Å². The summed E-state index contributed by atoms with van der Waals surface area (Å²) in [6, 6.07) is 0.753. The Hall–Kier alpha value is -0.650. The molecule has 2 saturated heterocycles. The van der Waals surface area contributed by atoms with Crippen LogP contribution in [0.4, 0.5) is 0 Å². The molecule has 0 bridgehead atoms. The van der Waals surface area contributed by atoms with Crippen molar-refractivity contribution >= 4 is 5.97 Å². The maximum atomic E-state index is 11.1. The van der Waals surface area contributed by atoms with Gasteiger partial charge >= 0.3 is 5.97 Å². The van der Waals surface area contributed by atoms with Gasteiger partial charge in [-0.25, -0.2) is 0 Å². The molecule has 110 valence electrons. The third kappa shape index (κ3) is 4.44. The molecule has 2 fully saturated rings. The van der Waals surface area contributed by atoms with Crippen molar-refractivity contribution < 1.29 is 9.53 Å². The van der Waals surface area contributed by atoms with E-state index in [9.17, 15) is 4.79 Å². The van der Waals surface area contributed by atoms with Crippen LogP contribution >= 0.6 is 0 Å². The molecule has 0 aromatic carbocycles.